The van der Waals surface area contributed by atoms with E-state index >= 15 is 0 Å². The van der Waals surface area contributed by atoms with Crippen LogP contribution >= 0.6 is 0 Å². The van der Waals surface area contributed by atoms with Crippen molar-refractivity contribution in [3.05, 3.63) is 29.3 Å². The molecule has 0 saturated carbocycles. The standard InChI is InChI=1S/C12H16N2O/c1-9-10(4-2-5-11(9)13)8-14-7-3-6-12(14)15/h2,4-5H,3,6-8,13H2,1H3. The second-order valence-corrected chi connectivity index (χ2v) is 4.05. The highest BCUT2D eigenvalue weighted by Crippen LogP contribution is 2.20. The minimum absolute atomic E-state index is 0.261. The lowest BCUT2D eigenvalue weighted by molar-refractivity contribution is -0.128. The first-order valence-electron chi connectivity index (χ1n) is 5.30. The minimum atomic E-state index is 0.261. The smallest absolute Gasteiger partial charge is 0.222 e. The Balaban J connectivity index is 2.17. The lowest BCUT2D eigenvalue weighted by Gasteiger charge is -2.17. The number of nitrogens with zero attached hydrogens (tertiary/aromatic N) is 1. The maximum atomic E-state index is 11.5. The number of likely N-dealkylation sites (tertiary alicyclic amines) is 1. The number of nitrogen functional groups attached to an aromatic ring is 1. The Morgan fingerprint density at radius 1 is 1.47 bits per heavy atom. The molecule has 0 atom stereocenters. The largest absolute Gasteiger partial charge is 0.399 e. The number of hydrogen-bond donors (Lipinski definition) is 1. The van der Waals surface area contributed by atoms with E-state index in [1.165, 1.54) is 0 Å². The van der Waals surface area contributed by atoms with Crippen molar-refractivity contribution in [3.63, 3.8) is 0 Å². The predicted octanol–water partition coefficient (Wildman–Crippen LogP) is 1.70. The van der Waals surface area contributed by atoms with Gasteiger partial charge in [-0.2, -0.15) is 0 Å². The molecule has 1 aromatic rings. The summed E-state index contributed by atoms with van der Waals surface area (Å²) in [5.74, 6) is 0.261. The summed E-state index contributed by atoms with van der Waals surface area (Å²) in [5.41, 5.74) is 8.88. The van der Waals surface area contributed by atoms with Gasteiger partial charge in [0.15, 0.2) is 0 Å². The molecular weight excluding hydrogens is 188 g/mol. The summed E-state index contributed by atoms with van der Waals surface area (Å²) in [6.45, 7) is 3.59. The van der Waals surface area contributed by atoms with E-state index < -0.39 is 0 Å². The van der Waals surface area contributed by atoms with Gasteiger partial charge in [-0.05, 0) is 30.5 Å². The third-order valence-corrected chi connectivity index (χ3v) is 3.02. The summed E-state index contributed by atoms with van der Waals surface area (Å²) in [6, 6.07) is 5.88. The van der Waals surface area contributed by atoms with Crippen LogP contribution in [-0.2, 0) is 11.3 Å². The fourth-order valence-corrected chi connectivity index (χ4v) is 1.95. The normalized spacial score (nSPS) is 16.1. The van der Waals surface area contributed by atoms with E-state index in [9.17, 15) is 4.79 Å². The molecule has 15 heavy (non-hydrogen) atoms. The van der Waals surface area contributed by atoms with Crippen LogP contribution in [0.2, 0.25) is 0 Å². The number of carbonyl (C=O) groups is 1. The van der Waals surface area contributed by atoms with E-state index in [2.05, 4.69) is 0 Å². The first kappa shape index (κ1) is 10.0. The molecule has 1 aromatic carbocycles. The summed E-state index contributed by atoms with van der Waals surface area (Å²) >= 11 is 0. The molecule has 1 aliphatic heterocycles. The van der Waals surface area contributed by atoms with Crippen molar-refractivity contribution < 1.29 is 4.79 Å². The Bertz CT molecular complexity index is 387. The van der Waals surface area contributed by atoms with Crippen molar-refractivity contribution in [1.29, 1.82) is 0 Å². The molecule has 1 saturated heterocycles. The molecule has 3 heteroatoms. The predicted molar refractivity (Wildman–Crippen MR) is 60.2 cm³/mol. The first-order chi connectivity index (χ1) is 7.18. The molecule has 2 rings (SSSR count). The topological polar surface area (TPSA) is 46.3 Å². The molecule has 3 nitrogen and oxygen atoms in total. The average Bonchev–Trinajstić information content (AvgIpc) is 2.60. The van der Waals surface area contributed by atoms with Crippen LogP contribution in [0.3, 0.4) is 0 Å². The van der Waals surface area contributed by atoms with Crippen molar-refractivity contribution in [2.75, 3.05) is 12.3 Å². The SMILES string of the molecule is Cc1c(N)cccc1CN1CCCC1=O. The van der Waals surface area contributed by atoms with Gasteiger partial charge in [0.2, 0.25) is 5.91 Å². The zero-order chi connectivity index (χ0) is 10.8. The van der Waals surface area contributed by atoms with Crippen LogP contribution in [0.4, 0.5) is 5.69 Å². The van der Waals surface area contributed by atoms with Gasteiger partial charge in [0.1, 0.15) is 0 Å². The first-order valence-corrected chi connectivity index (χ1v) is 5.30. The van der Waals surface area contributed by atoms with Crippen molar-refractivity contribution in [3.8, 4) is 0 Å². The quantitative estimate of drug-likeness (QED) is 0.745. The van der Waals surface area contributed by atoms with Gasteiger partial charge in [-0.25, -0.2) is 0 Å². The number of amides is 1. The number of carbonyl (C=O) groups excluding carboxylic acids is 1. The summed E-state index contributed by atoms with van der Waals surface area (Å²) < 4.78 is 0. The summed E-state index contributed by atoms with van der Waals surface area (Å²) in [6.07, 6.45) is 1.68. The van der Waals surface area contributed by atoms with Crippen LogP contribution in [0.15, 0.2) is 18.2 Å². The van der Waals surface area contributed by atoms with Crippen molar-refractivity contribution in [2.24, 2.45) is 0 Å². The third kappa shape index (κ3) is 1.96. The van der Waals surface area contributed by atoms with E-state index in [0.29, 0.717) is 13.0 Å². The van der Waals surface area contributed by atoms with Crippen molar-refractivity contribution in [2.45, 2.75) is 26.3 Å². The maximum absolute atomic E-state index is 11.5. The van der Waals surface area contributed by atoms with E-state index in [4.69, 9.17) is 5.73 Å². The van der Waals surface area contributed by atoms with Gasteiger partial charge in [0.25, 0.3) is 0 Å². The van der Waals surface area contributed by atoms with Crippen LogP contribution in [0.5, 0.6) is 0 Å². The molecule has 0 radical (unpaired) electrons. The van der Waals surface area contributed by atoms with Gasteiger partial charge in [0, 0.05) is 25.2 Å². The van der Waals surface area contributed by atoms with Gasteiger partial charge >= 0.3 is 0 Å². The monoisotopic (exact) mass is 204 g/mol. The molecule has 1 aliphatic rings. The van der Waals surface area contributed by atoms with E-state index in [0.717, 1.165) is 29.8 Å². The highest BCUT2D eigenvalue weighted by molar-refractivity contribution is 5.78. The Hall–Kier alpha value is -1.51. The minimum Gasteiger partial charge on any atom is -0.399 e. The Labute approximate surface area is 89.9 Å². The number of nitrogens with two attached hydrogens (primary N) is 1. The summed E-state index contributed by atoms with van der Waals surface area (Å²) in [4.78, 5) is 13.4. The fourth-order valence-electron chi connectivity index (χ4n) is 1.95. The molecule has 1 heterocycles. The highest BCUT2D eigenvalue weighted by Gasteiger charge is 2.20. The maximum Gasteiger partial charge on any atom is 0.222 e. The average molecular weight is 204 g/mol. The molecule has 0 bridgehead atoms. The molecule has 1 amide bonds. The van der Waals surface area contributed by atoms with Crippen molar-refractivity contribution >= 4 is 11.6 Å². The molecule has 1 fully saturated rings. The van der Waals surface area contributed by atoms with E-state index in [1.54, 1.807) is 0 Å². The number of benzene rings is 1. The zero-order valence-corrected chi connectivity index (χ0v) is 8.99. The van der Waals surface area contributed by atoms with Crippen LogP contribution in [0.25, 0.3) is 0 Å². The van der Waals surface area contributed by atoms with Gasteiger partial charge in [0.05, 0.1) is 0 Å². The molecule has 0 spiro atoms. The van der Waals surface area contributed by atoms with Crippen LogP contribution < -0.4 is 5.73 Å². The number of rotatable bonds is 2. The van der Waals surface area contributed by atoms with Gasteiger partial charge in [-0.15, -0.1) is 0 Å². The van der Waals surface area contributed by atoms with E-state index in [-0.39, 0.29) is 5.91 Å². The summed E-state index contributed by atoms with van der Waals surface area (Å²) in [5, 5.41) is 0. The lowest BCUT2D eigenvalue weighted by Crippen LogP contribution is -2.24. The van der Waals surface area contributed by atoms with Gasteiger partial charge in [-0.1, -0.05) is 12.1 Å². The third-order valence-electron chi connectivity index (χ3n) is 3.02. The Morgan fingerprint density at radius 2 is 2.27 bits per heavy atom. The zero-order valence-electron chi connectivity index (χ0n) is 8.99. The molecule has 0 aliphatic carbocycles. The van der Waals surface area contributed by atoms with Crippen molar-refractivity contribution in [1.82, 2.24) is 4.90 Å². The lowest BCUT2D eigenvalue weighted by atomic mass is 10.1. The van der Waals surface area contributed by atoms with Crippen LogP contribution in [-0.4, -0.2) is 17.4 Å². The Kier molecular flexibility index (Phi) is 2.62. The molecule has 2 N–H and O–H groups in total. The summed E-state index contributed by atoms with van der Waals surface area (Å²) in [7, 11) is 0. The number of anilines is 1. The number of hydrogen-bond acceptors (Lipinski definition) is 2. The molecular formula is C12H16N2O. The molecule has 0 unspecified atom stereocenters. The van der Waals surface area contributed by atoms with Crippen LogP contribution in [0.1, 0.15) is 24.0 Å². The van der Waals surface area contributed by atoms with Gasteiger partial charge in [-0.3, -0.25) is 4.79 Å². The van der Waals surface area contributed by atoms with Crippen LogP contribution in [0, 0.1) is 6.92 Å². The highest BCUT2D eigenvalue weighted by atomic mass is 16.2. The molecule has 80 valence electrons. The fraction of sp³-hybridized carbons (Fsp3) is 0.417. The second-order valence-electron chi connectivity index (χ2n) is 4.05. The molecule has 0 aromatic heterocycles. The Morgan fingerprint density at radius 3 is 2.93 bits per heavy atom. The van der Waals surface area contributed by atoms with Gasteiger partial charge < -0.3 is 10.6 Å². The van der Waals surface area contributed by atoms with E-state index in [1.807, 2.05) is 30.0 Å². The second kappa shape index (κ2) is 3.93.